The number of hydrogen-bond acceptors (Lipinski definition) is 4. The monoisotopic (exact) mass is 438 g/mol. The van der Waals surface area contributed by atoms with E-state index in [1.54, 1.807) is 6.07 Å². The Kier molecular flexibility index (Phi) is 5.51. The highest BCUT2D eigenvalue weighted by atomic mass is 16.5. The number of aromatic hydroxyl groups is 1. The summed E-state index contributed by atoms with van der Waals surface area (Å²) in [5, 5.41) is 14.0. The van der Waals surface area contributed by atoms with Crippen LogP contribution in [0.25, 0.3) is 22.9 Å². The van der Waals surface area contributed by atoms with E-state index in [4.69, 9.17) is 9.47 Å². The lowest BCUT2D eigenvalue weighted by molar-refractivity contribution is -0.139. The van der Waals surface area contributed by atoms with Crippen LogP contribution in [-0.2, 0) is 9.53 Å². The topological polar surface area (TPSA) is 55.8 Å². The molecule has 3 aromatic rings. The third-order valence-corrected chi connectivity index (χ3v) is 6.29. The summed E-state index contributed by atoms with van der Waals surface area (Å²) in [4.78, 5) is 13.1. The summed E-state index contributed by atoms with van der Waals surface area (Å²) >= 11 is 0. The molecule has 1 unspecified atom stereocenters. The number of carbonyl (C=O) groups is 1. The maximum atomic E-state index is 13.1. The molecule has 4 heteroatoms. The summed E-state index contributed by atoms with van der Waals surface area (Å²) in [6.45, 7) is 6.54. The predicted octanol–water partition coefficient (Wildman–Crippen LogP) is 5.11. The van der Waals surface area contributed by atoms with Crippen LogP contribution in [0.1, 0.15) is 31.7 Å². The van der Waals surface area contributed by atoms with Gasteiger partial charge < -0.3 is 14.6 Å². The number of unbranched alkanes of at least 4 members (excludes halogenated alkanes) is 1. The van der Waals surface area contributed by atoms with Crippen molar-refractivity contribution in [2.75, 3.05) is 6.61 Å². The van der Waals surface area contributed by atoms with E-state index in [9.17, 15) is 9.90 Å². The molecule has 1 heterocycles. The number of ether oxygens (including phenoxy) is 2. The fraction of sp³-hybridized carbons (Fsp3) is 0.207. The standard InChI is InChI=1S/C29H26O4/c1-3-4-16-32-29(31)21-10-6-5-9-20(21)27-22-14-12-18(2)17-25(22)33-28-23(27)15-13-19-8-7-11-24(30)26(19)28/h5-8,10-15,17,20,30H,2-4,9,16H2,1H3. The SMILES string of the molecule is C=c1ccc2c(c1)Oc1c(ccc3cccc(O)c13)C=2C1CC=CC=C1C(=O)OCCCC. The fourth-order valence-electron chi connectivity index (χ4n) is 4.66. The normalized spacial score (nSPS) is 16.6. The first kappa shape index (κ1) is 21.1. The number of fused-ring (bicyclic) bond motifs is 4. The van der Waals surface area contributed by atoms with Crippen molar-refractivity contribution in [3.63, 3.8) is 0 Å². The van der Waals surface area contributed by atoms with Crippen LogP contribution in [0.15, 0.2) is 72.3 Å². The van der Waals surface area contributed by atoms with Gasteiger partial charge in [0.15, 0.2) is 0 Å². The van der Waals surface area contributed by atoms with Gasteiger partial charge in [-0.1, -0.05) is 74.5 Å². The molecule has 0 amide bonds. The van der Waals surface area contributed by atoms with Gasteiger partial charge in [-0.15, -0.1) is 0 Å². The van der Waals surface area contributed by atoms with Crippen LogP contribution in [0.5, 0.6) is 17.2 Å². The Morgan fingerprint density at radius 1 is 1.21 bits per heavy atom. The molecule has 0 radical (unpaired) electrons. The van der Waals surface area contributed by atoms with Crippen molar-refractivity contribution in [1.29, 1.82) is 0 Å². The number of rotatable bonds is 5. The average molecular weight is 439 g/mol. The molecule has 33 heavy (non-hydrogen) atoms. The van der Waals surface area contributed by atoms with E-state index in [-0.39, 0.29) is 17.6 Å². The minimum absolute atomic E-state index is 0.163. The largest absolute Gasteiger partial charge is 0.507 e. The molecule has 0 saturated carbocycles. The molecule has 2 aliphatic rings. The zero-order valence-electron chi connectivity index (χ0n) is 18.6. The second-order valence-electron chi connectivity index (χ2n) is 8.49. The number of benzene rings is 3. The zero-order chi connectivity index (χ0) is 22.9. The maximum Gasteiger partial charge on any atom is 0.334 e. The van der Waals surface area contributed by atoms with Crippen molar-refractivity contribution >= 4 is 28.9 Å². The summed E-state index contributed by atoms with van der Waals surface area (Å²) in [5.74, 6) is 0.971. The molecule has 1 atom stereocenters. The minimum atomic E-state index is -0.280. The van der Waals surface area contributed by atoms with Crippen LogP contribution in [-0.4, -0.2) is 17.7 Å². The van der Waals surface area contributed by atoms with Crippen molar-refractivity contribution in [1.82, 2.24) is 0 Å². The zero-order valence-corrected chi connectivity index (χ0v) is 18.6. The van der Waals surface area contributed by atoms with Crippen LogP contribution in [0.4, 0.5) is 0 Å². The first-order valence-corrected chi connectivity index (χ1v) is 11.4. The van der Waals surface area contributed by atoms with Crippen LogP contribution >= 0.6 is 0 Å². The van der Waals surface area contributed by atoms with E-state index in [2.05, 4.69) is 19.6 Å². The van der Waals surface area contributed by atoms with Gasteiger partial charge in [-0.25, -0.2) is 4.79 Å². The van der Waals surface area contributed by atoms with Crippen LogP contribution in [0, 0.1) is 5.92 Å². The van der Waals surface area contributed by atoms with Crippen LogP contribution in [0.2, 0.25) is 0 Å². The first-order chi connectivity index (χ1) is 16.1. The Hall–Kier alpha value is -3.79. The lowest BCUT2D eigenvalue weighted by Gasteiger charge is -2.29. The van der Waals surface area contributed by atoms with Gasteiger partial charge in [0, 0.05) is 22.3 Å². The highest BCUT2D eigenvalue weighted by Gasteiger charge is 2.32. The second-order valence-corrected chi connectivity index (χ2v) is 8.49. The van der Waals surface area contributed by atoms with Crippen molar-refractivity contribution in [3.05, 3.63) is 88.3 Å². The Labute approximate surface area is 192 Å². The number of phenolic OH excluding ortho intramolecular Hbond substituents is 1. The number of hydrogen-bond donors (Lipinski definition) is 1. The van der Waals surface area contributed by atoms with Gasteiger partial charge in [0.05, 0.1) is 12.0 Å². The number of esters is 1. The van der Waals surface area contributed by atoms with E-state index in [0.29, 0.717) is 35.5 Å². The molecule has 0 aromatic heterocycles. The summed E-state index contributed by atoms with van der Waals surface area (Å²) in [7, 11) is 0. The molecule has 0 bridgehead atoms. The second kappa shape index (κ2) is 8.62. The van der Waals surface area contributed by atoms with Gasteiger partial charge in [-0.05, 0) is 41.2 Å². The molecule has 5 rings (SSSR count). The van der Waals surface area contributed by atoms with Crippen LogP contribution < -0.4 is 15.2 Å². The Morgan fingerprint density at radius 2 is 2.09 bits per heavy atom. The third-order valence-electron chi connectivity index (χ3n) is 6.29. The Morgan fingerprint density at radius 3 is 2.94 bits per heavy atom. The summed E-state index contributed by atoms with van der Waals surface area (Å²) in [6.07, 6.45) is 8.33. The number of allylic oxidation sites excluding steroid dienone is 3. The average Bonchev–Trinajstić information content (AvgIpc) is 2.82. The van der Waals surface area contributed by atoms with Crippen LogP contribution in [0.3, 0.4) is 0 Å². The number of carbonyl (C=O) groups excluding carboxylic acids is 1. The molecule has 0 fully saturated rings. The Bertz CT molecular complexity index is 1430. The van der Waals surface area contributed by atoms with Crippen molar-refractivity contribution in [3.8, 4) is 17.2 Å². The summed E-state index contributed by atoms with van der Waals surface area (Å²) in [6, 6.07) is 15.3. The molecule has 0 saturated heterocycles. The molecule has 3 aromatic carbocycles. The van der Waals surface area contributed by atoms with E-state index in [1.807, 2.05) is 54.6 Å². The maximum absolute atomic E-state index is 13.1. The molecule has 0 spiro atoms. The van der Waals surface area contributed by atoms with Gasteiger partial charge in [-0.3, -0.25) is 0 Å². The van der Waals surface area contributed by atoms with E-state index < -0.39 is 0 Å². The molecule has 1 aliphatic heterocycles. The fourth-order valence-corrected chi connectivity index (χ4v) is 4.66. The highest BCUT2D eigenvalue weighted by Crippen LogP contribution is 2.46. The molecule has 4 nitrogen and oxygen atoms in total. The van der Waals surface area contributed by atoms with E-state index in [1.165, 1.54) is 0 Å². The minimum Gasteiger partial charge on any atom is -0.507 e. The summed E-state index contributed by atoms with van der Waals surface area (Å²) < 4.78 is 12.0. The van der Waals surface area contributed by atoms with Crippen molar-refractivity contribution < 1.29 is 19.4 Å². The lowest BCUT2D eigenvalue weighted by Crippen LogP contribution is -2.27. The van der Waals surface area contributed by atoms with Gasteiger partial charge in [-0.2, -0.15) is 0 Å². The third kappa shape index (κ3) is 3.72. The van der Waals surface area contributed by atoms with E-state index in [0.717, 1.165) is 39.8 Å². The first-order valence-electron chi connectivity index (χ1n) is 11.4. The van der Waals surface area contributed by atoms with Gasteiger partial charge in [0.25, 0.3) is 0 Å². The van der Waals surface area contributed by atoms with Gasteiger partial charge in [0.1, 0.15) is 17.2 Å². The molecule has 1 N–H and O–H groups in total. The van der Waals surface area contributed by atoms with Gasteiger partial charge >= 0.3 is 5.97 Å². The van der Waals surface area contributed by atoms with Crippen molar-refractivity contribution in [2.45, 2.75) is 26.2 Å². The smallest absolute Gasteiger partial charge is 0.334 e. The predicted molar refractivity (Wildman–Crippen MR) is 131 cm³/mol. The quantitative estimate of drug-likeness (QED) is 0.445. The van der Waals surface area contributed by atoms with Crippen molar-refractivity contribution in [2.24, 2.45) is 5.92 Å². The molecule has 1 aliphatic carbocycles. The molecular weight excluding hydrogens is 412 g/mol. The molecule has 166 valence electrons. The summed E-state index contributed by atoms with van der Waals surface area (Å²) in [5.41, 5.74) is 2.51. The van der Waals surface area contributed by atoms with E-state index >= 15 is 0 Å². The van der Waals surface area contributed by atoms with Gasteiger partial charge in [0.2, 0.25) is 0 Å². The highest BCUT2D eigenvalue weighted by molar-refractivity contribution is 6.01. The molecular formula is C29H26O4. The Balaban J connectivity index is 1.73. The number of phenols is 1. The lowest BCUT2D eigenvalue weighted by atomic mass is 9.79.